The smallest absolute Gasteiger partial charge is 0.248 e. The maximum Gasteiger partial charge on any atom is 0.248 e. The molecular formula is C17H16BrNO. The number of halogens is 1. The number of rotatable bonds is 3. The van der Waals surface area contributed by atoms with Gasteiger partial charge in [0, 0.05) is 16.2 Å². The molecule has 0 aliphatic heterocycles. The van der Waals surface area contributed by atoms with Crippen molar-refractivity contribution < 1.29 is 4.79 Å². The maximum atomic E-state index is 11.9. The third-order valence-corrected chi connectivity index (χ3v) is 3.48. The predicted molar refractivity (Wildman–Crippen MR) is 87.7 cm³/mol. The fourth-order valence-corrected chi connectivity index (χ4v) is 2.06. The zero-order chi connectivity index (χ0) is 14.5. The van der Waals surface area contributed by atoms with Gasteiger partial charge in [0.1, 0.15) is 0 Å². The lowest BCUT2D eigenvalue weighted by atomic mass is 10.1. The number of hydrogen-bond donors (Lipinski definition) is 1. The van der Waals surface area contributed by atoms with Crippen molar-refractivity contribution in [3.63, 3.8) is 0 Å². The SMILES string of the molecule is Cc1ccc(C)c(NC(=O)/C=C/c2ccc(Br)cc2)c1. The van der Waals surface area contributed by atoms with E-state index in [4.69, 9.17) is 0 Å². The highest BCUT2D eigenvalue weighted by atomic mass is 79.9. The van der Waals surface area contributed by atoms with E-state index in [9.17, 15) is 4.79 Å². The molecule has 1 amide bonds. The highest BCUT2D eigenvalue weighted by Gasteiger charge is 2.01. The van der Waals surface area contributed by atoms with Crippen LogP contribution < -0.4 is 5.32 Å². The van der Waals surface area contributed by atoms with Gasteiger partial charge < -0.3 is 5.32 Å². The summed E-state index contributed by atoms with van der Waals surface area (Å²) in [6, 6.07) is 13.8. The van der Waals surface area contributed by atoms with Gasteiger partial charge in [-0.1, -0.05) is 40.2 Å². The molecule has 0 radical (unpaired) electrons. The molecule has 2 rings (SSSR count). The normalized spacial score (nSPS) is 10.8. The molecule has 0 aliphatic carbocycles. The van der Waals surface area contributed by atoms with Crippen LogP contribution in [0.15, 0.2) is 53.0 Å². The Bertz CT molecular complexity index is 645. The first-order valence-corrected chi connectivity index (χ1v) is 7.16. The Morgan fingerprint density at radius 3 is 2.50 bits per heavy atom. The zero-order valence-corrected chi connectivity index (χ0v) is 13.1. The molecule has 20 heavy (non-hydrogen) atoms. The average molecular weight is 330 g/mol. The van der Waals surface area contributed by atoms with E-state index in [1.165, 1.54) is 0 Å². The predicted octanol–water partition coefficient (Wildman–Crippen LogP) is 4.72. The number of hydrogen-bond acceptors (Lipinski definition) is 1. The molecule has 0 heterocycles. The van der Waals surface area contributed by atoms with Crippen molar-refractivity contribution in [3.8, 4) is 0 Å². The lowest BCUT2D eigenvalue weighted by molar-refractivity contribution is -0.111. The van der Waals surface area contributed by atoms with Crippen LogP contribution in [-0.2, 0) is 4.79 Å². The van der Waals surface area contributed by atoms with Crippen LogP contribution in [-0.4, -0.2) is 5.91 Å². The van der Waals surface area contributed by atoms with Crippen LogP contribution in [0.5, 0.6) is 0 Å². The van der Waals surface area contributed by atoms with Crippen molar-refractivity contribution in [1.29, 1.82) is 0 Å². The third-order valence-electron chi connectivity index (χ3n) is 2.95. The Morgan fingerprint density at radius 2 is 1.80 bits per heavy atom. The van der Waals surface area contributed by atoms with E-state index in [0.29, 0.717) is 0 Å². The Kier molecular flexibility index (Phi) is 4.74. The molecule has 102 valence electrons. The van der Waals surface area contributed by atoms with Gasteiger partial charge >= 0.3 is 0 Å². The molecule has 0 fully saturated rings. The second-order valence-electron chi connectivity index (χ2n) is 4.69. The number of carbonyl (C=O) groups excluding carboxylic acids is 1. The quantitative estimate of drug-likeness (QED) is 0.811. The van der Waals surface area contributed by atoms with Crippen molar-refractivity contribution >= 4 is 33.6 Å². The minimum absolute atomic E-state index is 0.124. The molecule has 1 N–H and O–H groups in total. The van der Waals surface area contributed by atoms with Gasteiger partial charge in [-0.05, 0) is 54.8 Å². The fraction of sp³-hybridized carbons (Fsp3) is 0.118. The molecule has 0 unspecified atom stereocenters. The summed E-state index contributed by atoms with van der Waals surface area (Å²) >= 11 is 3.38. The van der Waals surface area contributed by atoms with Gasteiger partial charge in [-0.25, -0.2) is 0 Å². The highest BCUT2D eigenvalue weighted by molar-refractivity contribution is 9.10. The number of carbonyl (C=O) groups is 1. The van der Waals surface area contributed by atoms with Crippen LogP contribution in [0.2, 0.25) is 0 Å². The molecule has 3 heteroatoms. The fourth-order valence-electron chi connectivity index (χ4n) is 1.79. The Labute approximate surface area is 127 Å². The number of benzene rings is 2. The summed E-state index contributed by atoms with van der Waals surface area (Å²) in [6.07, 6.45) is 3.35. The molecule has 0 aromatic heterocycles. The van der Waals surface area contributed by atoms with Gasteiger partial charge in [0.15, 0.2) is 0 Å². The molecular weight excluding hydrogens is 314 g/mol. The topological polar surface area (TPSA) is 29.1 Å². The van der Waals surface area contributed by atoms with Crippen molar-refractivity contribution in [2.45, 2.75) is 13.8 Å². The van der Waals surface area contributed by atoms with Crippen molar-refractivity contribution in [1.82, 2.24) is 0 Å². The molecule has 0 atom stereocenters. The summed E-state index contributed by atoms with van der Waals surface area (Å²) < 4.78 is 1.02. The van der Waals surface area contributed by atoms with Crippen LogP contribution in [0.25, 0.3) is 6.08 Å². The van der Waals surface area contributed by atoms with Crippen LogP contribution >= 0.6 is 15.9 Å². The van der Waals surface area contributed by atoms with E-state index in [0.717, 1.165) is 26.9 Å². The minimum atomic E-state index is -0.124. The van der Waals surface area contributed by atoms with E-state index in [1.807, 2.05) is 56.3 Å². The van der Waals surface area contributed by atoms with Crippen molar-refractivity contribution in [3.05, 3.63) is 69.7 Å². The lowest BCUT2D eigenvalue weighted by Crippen LogP contribution is -2.09. The lowest BCUT2D eigenvalue weighted by Gasteiger charge is -2.07. The van der Waals surface area contributed by atoms with Crippen LogP contribution in [0.1, 0.15) is 16.7 Å². The Balaban J connectivity index is 2.05. The summed E-state index contributed by atoms with van der Waals surface area (Å²) in [5, 5.41) is 2.90. The van der Waals surface area contributed by atoms with E-state index in [2.05, 4.69) is 21.2 Å². The van der Waals surface area contributed by atoms with E-state index in [1.54, 1.807) is 12.2 Å². The minimum Gasteiger partial charge on any atom is -0.322 e. The monoisotopic (exact) mass is 329 g/mol. The number of aryl methyl sites for hydroxylation is 2. The van der Waals surface area contributed by atoms with Crippen LogP contribution in [0.4, 0.5) is 5.69 Å². The van der Waals surface area contributed by atoms with Gasteiger partial charge in [0.25, 0.3) is 0 Å². The number of anilines is 1. The standard InChI is InChI=1S/C17H16BrNO/c1-12-3-4-13(2)16(11-12)19-17(20)10-7-14-5-8-15(18)9-6-14/h3-11H,1-2H3,(H,19,20)/b10-7+. The first-order chi connectivity index (χ1) is 9.54. The van der Waals surface area contributed by atoms with Crippen LogP contribution in [0, 0.1) is 13.8 Å². The second-order valence-corrected chi connectivity index (χ2v) is 5.61. The number of amides is 1. The summed E-state index contributed by atoms with van der Waals surface area (Å²) in [5.41, 5.74) is 4.03. The molecule has 0 spiro atoms. The van der Waals surface area contributed by atoms with Crippen LogP contribution in [0.3, 0.4) is 0 Å². The first kappa shape index (κ1) is 14.5. The summed E-state index contributed by atoms with van der Waals surface area (Å²) in [6.45, 7) is 3.99. The summed E-state index contributed by atoms with van der Waals surface area (Å²) in [4.78, 5) is 11.9. The van der Waals surface area contributed by atoms with Crippen molar-refractivity contribution in [2.75, 3.05) is 5.32 Å². The molecule has 0 aliphatic rings. The average Bonchev–Trinajstić information content (AvgIpc) is 2.42. The second kappa shape index (κ2) is 6.53. The maximum absolute atomic E-state index is 11.9. The van der Waals surface area contributed by atoms with E-state index in [-0.39, 0.29) is 5.91 Å². The molecule has 2 aromatic rings. The molecule has 2 nitrogen and oxygen atoms in total. The first-order valence-electron chi connectivity index (χ1n) is 6.36. The van der Waals surface area contributed by atoms with Gasteiger partial charge in [0.05, 0.1) is 0 Å². The van der Waals surface area contributed by atoms with Gasteiger partial charge in [-0.15, -0.1) is 0 Å². The molecule has 0 saturated heterocycles. The molecule has 0 bridgehead atoms. The van der Waals surface area contributed by atoms with Crippen molar-refractivity contribution in [2.24, 2.45) is 0 Å². The molecule has 0 saturated carbocycles. The Morgan fingerprint density at radius 1 is 1.10 bits per heavy atom. The van der Waals surface area contributed by atoms with Gasteiger partial charge in [-0.3, -0.25) is 4.79 Å². The highest BCUT2D eigenvalue weighted by Crippen LogP contribution is 2.16. The van der Waals surface area contributed by atoms with Gasteiger partial charge in [-0.2, -0.15) is 0 Å². The third kappa shape index (κ3) is 4.07. The van der Waals surface area contributed by atoms with Gasteiger partial charge in [0.2, 0.25) is 5.91 Å². The van der Waals surface area contributed by atoms with E-state index < -0.39 is 0 Å². The number of nitrogens with one attached hydrogen (secondary N) is 1. The largest absolute Gasteiger partial charge is 0.322 e. The molecule has 2 aromatic carbocycles. The zero-order valence-electron chi connectivity index (χ0n) is 11.5. The Hall–Kier alpha value is -1.87. The van der Waals surface area contributed by atoms with E-state index >= 15 is 0 Å². The summed E-state index contributed by atoms with van der Waals surface area (Å²) in [7, 11) is 0. The summed E-state index contributed by atoms with van der Waals surface area (Å²) in [5.74, 6) is -0.124.